The van der Waals surface area contributed by atoms with Gasteiger partial charge >= 0.3 is 0 Å². The summed E-state index contributed by atoms with van der Waals surface area (Å²) >= 11 is 0. The second kappa shape index (κ2) is 7.09. The van der Waals surface area contributed by atoms with Gasteiger partial charge in [-0.3, -0.25) is 9.69 Å². The number of nitrogens with zero attached hydrogens (tertiary/aromatic N) is 2. The molecule has 1 aliphatic carbocycles. The molecule has 108 valence electrons. The summed E-state index contributed by atoms with van der Waals surface area (Å²) in [5, 5.41) is 0. The lowest BCUT2D eigenvalue weighted by molar-refractivity contribution is -0.133. The molecule has 0 aromatic rings. The van der Waals surface area contributed by atoms with Crippen LogP contribution < -0.4 is 0 Å². The van der Waals surface area contributed by atoms with Crippen molar-refractivity contribution >= 4 is 5.91 Å². The van der Waals surface area contributed by atoms with Crippen molar-refractivity contribution in [3.05, 3.63) is 12.2 Å². The third-order valence-corrected chi connectivity index (χ3v) is 4.20. The quantitative estimate of drug-likeness (QED) is 0.729. The maximum absolute atomic E-state index is 12.0. The highest BCUT2D eigenvalue weighted by Gasteiger charge is 2.23. The van der Waals surface area contributed by atoms with Gasteiger partial charge in [-0.05, 0) is 31.1 Å². The van der Waals surface area contributed by atoms with E-state index in [2.05, 4.69) is 35.8 Å². The van der Waals surface area contributed by atoms with E-state index >= 15 is 0 Å². The molecule has 2 rings (SSSR count). The Kier molecular flexibility index (Phi) is 5.44. The Morgan fingerprint density at radius 3 is 2.53 bits per heavy atom. The van der Waals surface area contributed by atoms with Crippen molar-refractivity contribution in [3.63, 3.8) is 0 Å². The second-order valence-electron chi connectivity index (χ2n) is 6.43. The highest BCUT2D eigenvalue weighted by Crippen LogP contribution is 2.20. The van der Waals surface area contributed by atoms with Crippen molar-refractivity contribution in [3.8, 4) is 0 Å². The fourth-order valence-electron chi connectivity index (χ4n) is 3.05. The fourth-order valence-corrected chi connectivity index (χ4v) is 3.05. The molecule has 0 aromatic carbocycles. The van der Waals surface area contributed by atoms with Crippen molar-refractivity contribution in [2.45, 2.75) is 39.5 Å². The molecule has 0 bridgehead atoms. The minimum atomic E-state index is 0.343. The molecule has 1 aliphatic heterocycles. The van der Waals surface area contributed by atoms with E-state index in [-0.39, 0.29) is 0 Å². The van der Waals surface area contributed by atoms with E-state index in [1.807, 2.05) is 0 Å². The lowest BCUT2D eigenvalue weighted by Crippen LogP contribution is -2.50. The molecule has 19 heavy (non-hydrogen) atoms. The molecule has 1 atom stereocenters. The highest BCUT2D eigenvalue weighted by atomic mass is 16.2. The molecule has 1 unspecified atom stereocenters. The number of allylic oxidation sites excluding steroid dienone is 2. The largest absolute Gasteiger partial charge is 0.340 e. The van der Waals surface area contributed by atoms with Crippen LogP contribution >= 0.6 is 0 Å². The average molecular weight is 264 g/mol. The number of carbonyl (C=O) groups is 1. The topological polar surface area (TPSA) is 23.6 Å². The van der Waals surface area contributed by atoms with Crippen molar-refractivity contribution < 1.29 is 4.79 Å². The lowest BCUT2D eigenvalue weighted by Gasteiger charge is -2.37. The van der Waals surface area contributed by atoms with Gasteiger partial charge in [0.15, 0.2) is 0 Å². The first-order valence-electron chi connectivity index (χ1n) is 7.80. The Hall–Kier alpha value is -0.830. The van der Waals surface area contributed by atoms with E-state index < -0.39 is 0 Å². The maximum Gasteiger partial charge on any atom is 0.222 e. The van der Waals surface area contributed by atoms with E-state index in [1.165, 1.54) is 25.8 Å². The Morgan fingerprint density at radius 1 is 1.21 bits per heavy atom. The molecule has 2 aliphatic rings. The highest BCUT2D eigenvalue weighted by molar-refractivity contribution is 5.76. The molecule has 0 spiro atoms. The molecule has 0 radical (unpaired) electrons. The molecule has 3 heteroatoms. The van der Waals surface area contributed by atoms with E-state index in [1.54, 1.807) is 0 Å². The summed E-state index contributed by atoms with van der Waals surface area (Å²) in [6.45, 7) is 9.42. The van der Waals surface area contributed by atoms with Crippen LogP contribution in [0.2, 0.25) is 0 Å². The average Bonchev–Trinajstić information content (AvgIpc) is 2.40. The number of rotatable bonds is 4. The van der Waals surface area contributed by atoms with E-state index in [0.29, 0.717) is 18.2 Å². The van der Waals surface area contributed by atoms with Crippen LogP contribution in [0.15, 0.2) is 12.2 Å². The third kappa shape index (κ3) is 4.64. The fraction of sp³-hybridized carbons (Fsp3) is 0.812. The molecule has 0 N–H and O–H groups in total. The van der Waals surface area contributed by atoms with Crippen molar-refractivity contribution in [2.24, 2.45) is 11.8 Å². The van der Waals surface area contributed by atoms with Gasteiger partial charge in [-0.2, -0.15) is 0 Å². The summed E-state index contributed by atoms with van der Waals surface area (Å²) < 4.78 is 0. The molecule has 1 heterocycles. The number of amides is 1. The standard InChI is InChI=1S/C16H28N2O/c1-14(2)12-16(19)18-10-8-17(9-11-18)13-15-6-4-3-5-7-15/h3-4,14-15H,5-13H2,1-2H3. The zero-order valence-electron chi connectivity index (χ0n) is 12.5. The van der Waals surface area contributed by atoms with E-state index in [9.17, 15) is 4.79 Å². The Labute approximate surface area is 117 Å². The Balaban J connectivity index is 1.70. The van der Waals surface area contributed by atoms with Crippen molar-refractivity contribution in [1.82, 2.24) is 9.80 Å². The molecule has 1 fully saturated rings. The normalized spacial score (nSPS) is 25.0. The summed E-state index contributed by atoms with van der Waals surface area (Å²) in [4.78, 5) is 16.6. The van der Waals surface area contributed by atoms with E-state index in [0.717, 1.165) is 32.1 Å². The van der Waals surface area contributed by atoms with Crippen LogP contribution in [0.3, 0.4) is 0 Å². The minimum Gasteiger partial charge on any atom is -0.340 e. The molecule has 1 amide bonds. The zero-order chi connectivity index (χ0) is 13.7. The first-order chi connectivity index (χ1) is 9.15. The minimum absolute atomic E-state index is 0.343. The maximum atomic E-state index is 12.0. The van der Waals surface area contributed by atoms with Gasteiger partial charge in [0, 0.05) is 39.1 Å². The predicted octanol–water partition coefficient (Wildman–Crippen LogP) is 2.53. The van der Waals surface area contributed by atoms with Crippen molar-refractivity contribution in [2.75, 3.05) is 32.7 Å². The second-order valence-corrected chi connectivity index (χ2v) is 6.43. The Bertz CT molecular complexity index is 317. The number of piperazine rings is 1. The molecular weight excluding hydrogens is 236 g/mol. The van der Waals surface area contributed by atoms with Crippen LogP contribution in [0, 0.1) is 11.8 Å². The van der Waals surface area contributed by atoms with Gasteiger partial charge in [-0.1, -0.05) is 26.0 Å². The van der Waals surface area contributed by atoms with Crippen LogP contribution in [0.1, 0.15) is 39.5 Å². The summed E-state index contributed by atoms with van der Waals surface area (Å²) in [6, 6.07) is 0. The van der Waals surface area contributed by atoms with Crippen LogP contribution in [-0.4, -0.2) is 48.4 Å². The molecular formula is C16H28N2O. The van der Waals surface area contributed by atoms with Gasteiger partial charge in [0.1, 0.15) is 0 Å². The number of hydrogen-bond donors (Lipinski definition) is 0. The number of hydrogen-bond acceptors (Lipinski definition) is 2. The zero-order valence-corrected chi connectivity index (χ0v) is 12.5. The van der Waals surface area contributed by atoms with Gasteiger partial charge in [0.05, 0.1) is 0 Å². The molecule has 0 saturated carbocycles. The number of carbonyl (C=O) groups excluding carboxylic acids is 1. The van der Waals surface area contributed by atoms with Gasteiger partial charge < -0.3 is 4.90 Å². The van der Waals surface area contributed by atoms with Gasteiger partial charge in [0.2, 0.25) is 5.91 Å². The van der Waals surface area contributed by atoms with Gasteiger partial charge in [0.25, 0.3) is 0 Å². The van der Waals surface area contributed by atoms with Gasteiger partial charge in [-0.15, -0.1) is 0 Å². The van der Waals surface area contributed by atoms with E-state index in [4.69, 9.17) is 0 Å². The van der Waals surface area contributed by atoms with Crippen LogP contribution in [-0.2, 0) is 4.79 Å². The molecule has 0 aromatic heterocycles. The first-order valence-corrected chi connectivity index (χ1v) is 7.80. The van der Waals surface area contributed by atoms with Gasteiger partial charge in [-0.25, -0.2) is 0 Å². The van der Waals surface area contributed by atoms with Crippen molar-refractivity contribution in [1.29, 1.82) is 0 Å². The first kappa shape index (κ1) is 14.6. The van der Waals surface area contributed by atoms with Crippen LogP contribution in [0.5, 0.6) is 0 Å². The molecule has 3 nitrogen and oxygen atoms in total. The lowest BCUT2D eigenvalue weighted by atomic mass is 9.94. The smallest absolute Gasteiger partial charge is 0.222 e. The summed E-state index contributed by atoms with van der Waals surface area (Å²) in [5.41, 5.74) is 0. The monoisotopic (exact) mass is 264 g/mol. The Morgan fingerprint density at radius 2 is 1.95 bits per heavy atom. The summed E-state index contributed by atoms with van der Waals surface area (Å²) in [6.07, 6.45) is 9.16. The summed E-state index contributed by atoms with van der Waals surface area (Å²) in [7, 11) is 0. The predicted molar refractivity (Wildman–Crippen MR) is 79.0 cm³/mol. The van der Waals surface area contributed by atoms with Crippen LogP contribution in [0.25, 0.3) is 0 Å². The SMILES string of the molecule is CC(C)CC(=O)N1CCN(CC2CC=CCC2)CC1. The molecule has 1 saturated heterocycles. The third-order valence-electron chi connectivity index (χ3n) is 4.20. The summed E-state index contributed by atoms with van der Waals surface area (Å²) in [5.74, 6) is 1.65. The van der Waals surface area contributed by atoms with Crippen LogP contribution in [0.4, 0.5) is 0 Å².